The predicted molar refractivity (Wildman–Crippen MR) is 103 cm³/mol. The van der Waals surface area contributed by atoms with Crippen LogP contribution in [0.4, 0.5) is 0 Å². The molecule has 4 heteroatoms. The van der Waals surface area contributed by atoms with Gasteiger partial charge in [0.1, 0.15) is 5.75 Å². The van der Waals surface area contributed by atoms with Crippen LogP contribution in [0.3, 0.4) is 0 Å². The standard InChI is InChI=1S/C21H31ClO3/c1-4-5-6-7-8-17-19(21(24)11-20(17)22)13-25-16-9-14(2)18(12-23)15(3)10-16/h6-7,9-10,17,19-21,23-24H,4-5,8,11-13H2,1-3H3/b7-6-/t17-,19-,20-,21-/m1/s1. The van der Waals surface area contributed by atoms with Crippen LogP contribution in [-0.4, -0.2) is 28.3 Å². The molecule has 4 atom stereocenters. The summed E-state index contributed by atoms with van der Waals surface area (Å²) in [5.41, 5.74) is 3.01. The lowest BCUT2D eigenvalue weighted by molar-refractivity contribution is 0.0807. The van der Waals surface area contributed by atoms with Crippen molar-refractivity contribution in [3.63, 3.8) is 0 Å². The van der Waals surface area contributed by atoms with Crippen molar-refractivity contribution in [2.75, 3.05) is 6.61 Å². The van der Waals surface area contributed by atoms with Crippen LogP contribution in [0.15, 0.2) is 24.3 Å². The average molecular weight is 367 g/mol. The van der Waals surface area contributed by atoms with Crippen LogP contribution in [-0.2, 0) is 6.61 Å². The van der Waals surface area contributed by atoms with E-state index in [2.05, 4.69) is 19.1 Å². The molecule has 0 unspecified atom stereocenters. The summed E-state index contributed by atoms with van der Waals surface area (Å²) in [6.07, 6.45) is 7.73. The largest absolute Gasteiger partial charge is 0.493 e. The van der Waals surface area contributed by atoms with Gasteiger partial charge in [-0.3, -0.25) is 0 Å². The minimum Gasteiger partial charge on any atom is -0.493 e. The van der Waals surface area contributed by atoms with Gasteiger partial charge in [0.15, 0.2) is 0 Å². The lowest BCUT2D eigenvalue weighted by atomic mass is 9.92. The van der Waals surface area contributed by atoms with E-state index >= 15 is 0 Å². The van der Waals surface area contributed by atoms with Gasteiger partial charge in [-0.1, -0.05) is 25.5 Å². The topological polar surface area (TPSA) is 49.7 Å². The lowest BCUT2D eigenvalue weighted by Gasteiger charge is -2.23. The van der Waals surface area contributed by atoms with Crippen LogP contribution < -0.4 is 4.74 Å². The second kappa shape index (κ2) is 9.61. The molecule has 1 aliphatic carbocycles. The molecule has 140 valence electrons. The molecule has 0 amide bonds. The quantitative estimate of drug-likeness (QED) is 0.525. The Balaban J connectivity index is 2.01. The van der Waals surface area contributed by atoms with Gasteiger partial charge in [0, 0.05) is 11.3 Å². The van der Waals surface area contributed by atoms with Gasteiger partial charge in [-0.25, -0.2) is 0 Å². The third-order valence-electron chi connectivity index (χ3n) is 5.28. The summed E-state index contributed by atoms with van der Waals surface area (Å²) in [6.45, 7) is 6.63. The van der Waals surface area contributed by atoms with Crippen LogP contribution in [0.5, 0.6) is 5.75 Å². The molecule has 0 aromatic heterocycles. The molecule has 2 rings (SSSR count). The van der Waals surface area contributed by atoms with Crippen LogP contribution in [0.1, 0.15) is 49.3 Å². The molecule has 1 aromatic carbocycles. The van der Waals surface area contributed by atoms with E-state index in [9.17, 15) is 10.2 Å². The molecule has 0 bridgehead atoms. The number of benzene rings is 1. The molecule has 0 spiro atoms. The average Bonchev–Trinajstić information content (AvgIpc) is 2.82. The Bertz CT molecular complexity index is 561. The molecule has 1 aliphatic rings. The minimum absolute atomic E-state index is 0.00452. The van der Waals surface area contributed by atoms with Gasteiger partial charge in [0.05, 0.1) is 19.3 Å². The lowest BCUT2D eigenvalue weighted by Crippen LogP contribution is -2.27. The molecule has 3 nitrogen and oxygen atoms in total. The van der Waals surface area contributed by atoms with E-state index in [1.807, 2.05) is 26.0 Å². The van der Waals surface area contributed by atoms with Crippen LogP contribution in [0.2, 0.25) is 0 Å². The fourth-order valence-electron chi connectivity index (χ4n) is 3.71. The number of aliphatic hydroxyl groups excluding tert-OH is 2. The summed E-state index contributed by atoms with van der Waals surface area (Å²) in [5.74, 6) is 1.08. The van der Waals surface area contributed by atoms with Crippen molar-refractivity contribution >= 4 is 11.6 Å². The Kier molecular flexibility index (Phi) is 7.80. The third-order valence-corrected chi connectivity index (χ3v) is 5.78. The zero-order chi connectivity index (χ0) is 18.4. The first-order valence-electron chi connectivity index (χ1n) is 9.28. The minimum atomic E-state index is -0.411. The van der Waals surface area contributed by atoms with E-state index in [1.165, 1.54) is 0 Å². The Morgan fingerprint density at radius 3 is 2.48 bits per heavy atom. The Hall–Kier alpha value is -1.03. The molecule has 25 heavy (non-hydrogen) atoms. The Labute approximate surface area is 156 Å². The normalized spacial score (nSPS) is 26.5. The van der Waals surface area contributed by atoms with E-state index in [-0.39, 0.29) is 23.8 Å². The zero-order valence-electron chi connectivity index (χ0n) is 15.5. The number of allylic oxidation sites excluding steroid dienone is 2. The van der Waals surface area contributed by atoms with Crippen molar-refractivity contribution in [3.05, 3.63) is 41.0 Å². The summed E-state index contributed by atoms with van der Waals surface area (Å²) in [5, 5.41) is 19.8. The smallest absolute Gasteiger partial charge is 0.119 e. The first-order valence-corrected chi connectivity index (χ1v) is 9.72. The molecule has 0 saturated heterocycles. The number of aliphatic hydroxyl groups is 2. The van der Waals surface area contributed by atoms with Crippen molar-refractivity contribution in [1.29, 1.82) is 0 Å². The molecule has 1 fully saturated rings. The van der Waals surface area contributed by atoms with Crippen molar-refractivity contribution in [1.82, 2.24) is 0 Å². The number of ether oxygens (including phenoxy) is 1. The third kappa shape index (κ3) is 5.22. The van der Waals surface area contributed by atoms with Crippen LogP contribution in [0.25, 0.3) is 0 Å². The van der Waals surface area contributed by atoms with Crippen molar-refractivity contribution in [2.45, 2.75) is 64.5 Å². The predicted octanol–water partition coefficient (Wildman–Crippen LogP) is 4.53. The first-order chi connectivity index (χ1) is 12.0. The van der Waals surface area contributed by atoms with Gasteiger partial charge in [0.2, 0.25) is 0 Å². The molecular weight excluding hydrogens is 336 g/mol. The fourth-order valence-corrected chi connectivity index (χ4v) is 4.18. The number of hydrogen-bond donors (Lipinski definition) is 2. The second-order valence-corrected chi connectivity index (χ2v) is 7.71. The number of halogens is 1. The molecule has 0 aliphatic heterocycles. The summed E-state index contributed by atoms with van der Waals surface area (Å²) >= 11 is 6.48. The summed E-state index contributed by atoms with van der Waals surface area (Å²) in [7, 11) is 0. The van der Waals surface area contributed by atoms with Crippen molar-refractivity contribution < 1.29 is 14.9 Å². The maximum absolute atomic E-state index is 10.4. The monoisotopic (exact) mass is 366 g/mol. The van der Waals surface area contributed by atoms with Gasteiger partial charge in [-0.05, 0) is 67.9 Å². The first kappa shape index (κ1) is 20.3. The Morgan fingerprint density at radius 2 is 1.88 bits per heavy atom. The van der Waals surface area contributed by atoms with Gasteiger partial charge >= 0.3 is 0 Å². The van der Waals surface area contributed by atoms with E-state index in [4.69, 9.17) is 16.3 Å². The highest BCUT2D eigenvalue weighted by atomic mass is 35.5. The number of unbranched alkanes of at least 4 members (excludes halogenated alkanes) is 1. The van der Waals surface area contributed by atoms with Crippen molar-refractivity contribution in [3.8, 4) is 5.75 Å². The summed E-state index contributed by atoms with van der Waals surface area (Å²) in [4.78, 5) is 0. The summed E-state index contributed by atoms with van der Waals surface area (Å²) in [6, 6.07) is 3.91. The van der Waals surface area contributed by atoms with Crippen LogP contribution >= 0.6 is 11.6 Å². The molecule has 1 saturated carbocycles. The van der Waals surface area contributed by atoms with Gasteiger partial charge in [-0.2, -0.15) is 0 Å². The maximum Gasteiger partial charge on any atom is 0.119 e. The number of hydrogen-bond acceptors (Lipinski definition) is 3. The fraction of sp³-hybridized carbons (Fsp3) is 0.619. The molecular formula is C21H31ClO3. The molecule has 1 aromatic rings. The van der Waals surface area contributed by atoms with E-state index in [1.54, 1.807) is 0 Å². The molecule has 0 heterocycles. The zero-order valence-corrected chi connectivity index (χ0v) is 16.3. The highest BCUT2D eigenvalue weighted by molar-refractivity contribution is 6.21. The second-order valence-electron chi connectivity index (χ2n) is 7.15. The molecule has 2 N–H and O–H groups in total. The maximum atomic E-state index is 10.4. The highest BCUT2D eigenvalue weighted by Crippen LogP contribution is 2.39. The molecule has 0 radical (unpaired) electrons. The van der Waals surface area contributed by atoms with Crippen LogP contribution in [0, 0.1) is 25.7 Å². The van der Waals surface area contributed by atoms with Gasteiger partial charge in [-0.15, -0.1) is 11.6 Å². The number of aryl methyl sites for hydroxylation is 2. The highest BCUT2D eigenvalue weighted by Gasteiger charge is 2.41. The number of alkyl halides is 1. The van der Waals surface area contributed by atoms with Gasteiger partial charge in [0.25, 0.3) is 0 Å². The number of rotatable bonds is 8. The Morgan fingerprint density at radius 1 is 1.20 bits per heavy atom. The van der Waals surface area contributed by atoms with Gasteiger partial charge < -0.3 is 14.9 Å². The summed E-state index contributed by atoms with van der Waals surface area (Å²) < 4.78 is 6.00. The van der Waals surface area contributed by atoms with E-state index < -0.39 is 6.10 Å². The van der Waals surface area contributed by atoms with Crippen molar-refractivity contribution in [2.24, 2.45) is 11.8 Å². The van der Waals surface area contributed by atoms with E-state index in [0.717, 1.165) is 41.7 Å². The van der Waals surface area contributed by atoms with E-state index in [0.29, 0.717) is 13.0 Å². The SMILES string of the molecule is CCC/C=C\C[C@@H]1[C@@H](COc2cc(C)c(CO)c(C)c2)[C@H](O)C[C@H]1Cl.